The van der Waals surface area contributed by atoms with E-state index in [2.05, 4.69) is 24.9 Å². The number of benzene rings is 2. The molecule has 31 heavy (non-hydrogen) atoms. The van der Waals surface area contributed by atoms with Crippen LogP contribution in [0.5, 0.6) is 0 Å². The monoisotopic (exact) mass is 416 g/mol. The molecule has 1 aromatic heterocycles. The van der Waals surface area contributed by atoms with Gasteiger partial charge in [-0.1, -0.05) is 37.6 Å². The molecule has 0 bridgehead atoms. The van der Waals surface area contributed by atoms with Gasteiger partial charge in [0.25, 0.3) is 5.91 Å². The summed E-state index contributed by atoms with van der Waals surface area (Å²) < 4.78 is 5.53. The first-order chi connectivity index (χ1) is 14.9. The van der Waals surface area contributed by atoms with Crippen LogP contribution >= 0.6 is 0 Å². The Labute approximate surface area is 183 Å². The molecule has 0 saturated carbocycles. The van der Waals surface area contributed by atoms with Crippen LogP contribution in [0.3, 0.4) is 0 Å². The number of hydrogen-bond acceptors (Lipinski definition) is 4. The van der Waals surface area contributed by atoms with Crippen molar-refractivity contribution in [3.63, 3.8) is 0 Å². The molecule has 3 aromatic rings. The molecule has 0 saturated heterocycles. The number of hydrogen-bond donors (Lipinski definition) is 0. The number of nitrogens with zero attached hydrogens (tertiary/aromatic N) is 2. The summed E-state index contributed by atoms with van der Waals surface area (Å²) in [6.07, 6.45) is 3.14. The summed E-state index contributed by atoms with van der Waals surface area (Å²) in [7, 11) is 0. The summed E-state index contributed by atoms with van der Waals surface area (Å²) >= 11 is 0. The summed E-state index contributed by atoms with van der Waals surface area (Å²) in [5.74, 6) is -0.0430. The van der Waals surface area contributed by atoms with Crippen LogP contribution in [0.1, 0.15) is 63.6 Å². The van der Waals surface area contributed by atoms with Gasteiger partial charge in [0.2, 0.25) is 0 Å². The second-order valence-corrected chi connectivity index (χ2v) is 8.52. The SMILES string of the molecule is Cc1ccc2ncc(C(=O)N3CCCc4ccc(C(C)C)cc4C(=O)OCC3)cc2c1. The molecule has 2 aromatic carbocycles. The third-order valence-corrected chi connectivity index (χ3v) is 5.86. The minimum absolute atomic E-state index is 0.0806. The summed E-state index contributed by atoms with van der Waals surface area (Å²) in [6, 6.07) is 14.0. The van der Waals surface area contributed by atoms with Gasteiger partial charge in [0, 0.05) is 18.1 Å². The smallest absolute Gasteiger partial charge is 0.338 e. The number of amides is 1. The van der Waals surface area contributed by atoms with Crippen LogP contribution in [0.15, 0.2) is 48.7 Å². The van der Waals surface area contributed by atoms with Crippen molar-refractivity contribution in [2.75, 3.05) is 19.7 Å². The highest BCUT2D eigenvalue weighted by Gasteiger charge is 2.21. The average Bonchev–Trinajstić information content (AvgIpc) is 2.76. The van der Waals surface area contributed by atoms with Gasteiger partial charge >= 0.3 is 5.97 Å². The highest BCUT2D eigenvalue weighted by molar-refractivity contribution is 5.97. The van der Waals surface area contributed by atoms with Crippen molar-refractivity contribution >= 4 is 22.8 Å². The Hall–Kier alpha value is -3.21. The van der Waals surface area contributed by atoms with Gasteiger partial charge in [-0.3, -0.25) is 9.78 Å². The molecule has 2 heterocycles. The fraction of sp³-hybridized carbons (Fsp3) is 0.346. The average molecular weight is 417 g/mol. The molecule has 5 heteroatoms. The van der Waals surface area contributed by atoms with Crippen LogP contribution in [-0.2, 0) is 11.2 Å². The lowest BCUT2D eigenvalue weighted by atomic mass is 9.95. The van der Waals surface area contributed by atoms with Crippen molar-refractivity contribution in [2.24, 2.45) is 0 Å². The normalized spacial score (nSPS) is 15.0. The van der Waals surface area contributed by atoms with Crippen LogP contribution in [0.2, 0.25) is 0 Å². The second kappa shape index (κ2) is 8.88. The Bertz CT molecular complexity index is 1140. The van der Waals surface area contributed by atoms with Crippen molar-refractivity contribution in [2.45, 2.75) is 39.5 Å². The predicted molar refractivity (Wildman–Crippen MR) is 122 cm³/mol. The molecule has 160 valence electrons. The first-order valence-electron chi connectivity index (χ1n) is 10.9. The van der Waals surface area contributed by atoms with Crippen LogP contribution in [0, 0.1) is 6.92 Å². The lowest BCUT2D eigenvalue weighted by Gasteiger charge is -2.24. The number of carbonyl (C=O) groups is 2. The summed E-state index contributed by atoms with van der Waals surface area (Å²) in [5.41, 5.74) is 5.32. The quantitative estimate of drug-likeness (QED) is 0.557. The zero-order valence-corrected chi connectivity index (χ0v) is 18.4. The van der Waals surface area contributed by atoms with E-state index in [4.69, 9.17) is 4.74 Å². The van der Waals surface area contributed by atoms with E-state index < -0.39 is 0 Å². The molecule has 0 radical (unpaired) electrons. The van der Waals surface area contributed by atoms with E-state index in [-0.39, 0.29) is 18.5 Å². The topological polar surface area (TPSA) is 59.5 Å². The molecule has 0 unspecified atom stereocenters. The van der Waals surface area contributed by atoms with Gasteiger partial charge in [0.15, 0.2) is 0 Å². The van der Waals surface area contributed by atoms with E-state index in [1.807, 2.05) is 43.3 Å². The zero-order chi connectivity index (χ0) is 22.0. The molecule has 0 spiro atoms. The number of ether oxygens (including phenoxy) is 1. The fourth-order valence-corrected chi connectivity index (χ4v) is 4.01. The maximum absolute atomic E-state index is 13.2. The molecule has 0 N–H and O–H groups in total. The van der Waals surface area contributed by atoms with Crippen molar-refractivity contribution < 1.29 is 14.3 Å². The number of pyridine rings is 1. The molecule has 1 aliphatic rings. The molecule has 1 aliphatic heterocycles. The van der Waals surface area contributed by atoms with Gasteiger partial charge in [0.1, 0.15) is 6.61 Å². The van der Waals surface area contributed by atoms with E-state index in [1.165, 1.54) is 0 Å². The van der Waals surface area contributed by atoms with Crippen molar-refractivity contribution in [1.29, 1.82) is 0 Å². The lowest BCUT2D eigenvalue weighted by Crippen LogP contribution is -2.36. The lowest BCUT2D eigenvalue weighted by molar-refractivity contribution is 0.0427. The van der Waals surface area contributed by atoms with Crippen LogP contribution in [0.25, 0.3) is 10.9 Å². The van der Waals surface area contributed by atoms with Gasteiger partial charge in [0.05, 0.1) is 23.2 Å². The molecule has 0 aliphatic carbocycles. The molecular formula is C26H28N2O3. The molecular weight excluding hydrogens is 388 g/mol. The number of aromatic nitrogens is 1. The van der Waals surface area contributed by atoms with Crippen LogP contribution < -0.4 is 0 Å². The minimum atomic E-state index is -0.311. The Morgan fingerprint density at radius 2 is 1.94 bits per heavy atom. The molecule has 1 amide bonds. The van der Waals surface area contributed by atoms with E-state index >= 15 is 0 Å². The Morgan fingerprint density at radius 3 is 2.74 bits per heavy atom. The summed E-state index contributed by atoms with van der Waals surface area (Å²) in [6.45, 7) is 7.40. The first-order valence-corrected chi connectivity index (χ1v) is 10.9. The maximum Gasteiger partial charge on any atom is 0.338 e. The van der Waals surface area contributed by atoms with Gasteiger partial charge < -0.3 is 9.64 Å². The third-order valence-electron chi connectivity index (χ3n) is 5.86. The highest BCUT2D eigenvalue weighted by atomic mass is 16.5. The number of carbonyl (C=O) groups excluding carboxylic acids is 2. The number of fused-ring (bicyclic) bond motifs is 2. The van der Waals surface area contributed by atoms with Crippen molar-refractivity contribution in [1.82, 2.24) is 9.88 Å². The minimum Gasteiger partial charge on any atom is -0.460 e. The van der Waals surface area contributed by atoms with E-state index in [0.29, 0.717) is 30.1 Å². The molecule has 0 fully saturated rings. The predicted octanol–water partition coefficient (Wildman–Crippen LogP) is 4.91. The van der Waals surface area contributed by atoms with Crippen molar-refractivity contribution in [3.05, 3.63) is 76.5 Å². The van der Waals surface area contributed by atoms with Gasteiger partial charge in [-0.25, -0.2) is 4.79 Å². The third kappa shape index (κ3) is 4.61. The van der Waals surface area contributed by atoms with Crippen LogP contribution in [0.4, 0.5) is 0 Å². The number of cyclic esters (lactones) is 1. The summed E-state index contributed by atoms with van der Waals surface area (Å²) in [4.78, 5) is 32.1. The van der Waals surface area contributed by atoms with Gasteiger partial charge in [-0.05, 0) is 61.1 Å². The number of esters is 1. The largest absolute Gasteiger partial charge is 0.460 e. The molecule has 0 atom stereocenters. The van der Waals surface area contributed by atoms with E-state index in [0.717, 1.165) is 40.4 Å². The van der Waals surface area contributed by atoms with Crippen LogP contribution in [-0.4, -0.2) is 41.5 Å². The Kier molecular flexibility index (Phi) is 6.03. The van der Waals surface area contributed by atoms with Gasteiger partial charge in [-0.2, -0.15) is 0 Å². The second-order valence-electron chi connectivity index (χ2n) is 8.52. The zero-order valence-electron chi connectivity index (χ0n) is 18.4. The van der Waals surface area contributed by atoms with Crippen molar-refractivity contribution in [3.8, 4) is 0 Å². The standard InChI is InChI=1S/C26H28N2O3/c1-17(2)20-8-7-19-5-4-10-28(11-12-31-26(30)23(19)15-20)25(29)22-14-21-13-18(3)6-9-24(21)27-16-22/h6-9,13-17H,4-5,10-12H2,1-3H3. The van der Waals surface area contributed by atoms with Gasteiger partial charge in [-0.15, -0.1) is 0 Å². The van der Waals surface area contributed by atoms with E-state index in [1.54, 1.807) is 11.1 Å². The highest BCUT2D eigenvalue weighted by Crippen LogP contribution is 2.22. The first kappa shape index (κ1) is 21.0. The molecule has 4 rings (SSSR count). The maximum atomic E-state index is 13.2. The summed E-state index contributed by atoms with van der Waals surface area (Å²) in [5, 5.41) is 0.952. The number of rotatable bonds is 2. The Morgan fingerprint density at radius 1 is 1.10 bits per heavy atom. The Balaban J connectivity index is 1.54. The van der Waals surface area contributed by atoms with E-state index in [9.17, 15) is 9.59 Å². The fourth-order valence-electron chi connectivity index (χ4n) is 4.01. The molecule has 5 nitrogen and oxygen atoms in total. The number of aryl methyl sites for hydroxylation is 2.